The van der Waals surface area contributed by atoms with Crippen LogP contribution in [0.2, 0.25) is 0 Å². The van der Waals surface area contributed by atoms with Crippen LogP contribution in [0.1, 0.15) is 158 Å². The molecule has 0 saturated carbocycles. The van der Waals surface area contributed by atoms with Crippen LogP contribution in [0.3, 0.4) is 0 Å². The van der Waals surface area contributed by atoms with Gasteiger partial charge in [-0.05, 0) is 132 Å². The molecule has 1 unspecified atom stereocenters. The largest absolute Gasteiger partial charge is 0.314 e. The quantitative estimate of drug-likeness (QED) is 0.0674. The molecule has 2 amide bonds. The summed E-state index contributed by atoms with van der Waals surface area (Å²) in [6.07, 6.45) is 15.3. The number of carbonyl (C=O) groups is 2. The lowest BCUT2D eigenvalue weighted by Crippen LogP contribution is -2.29. The first kappa shape index (κ1) is 47.5. The van der Waals surface area contributed by atoms with Crippen molar-refractivity contribution in [2.24, 2.45) is 11.3 Å². The molecule has 3 aromatic carbocycles. The van der Waals surface area contributed by atoms with Crippen LogP contribution < -0.4 is 10.4 Å². The molecule has 7 aromatic rings. The fraction of sp³-hybridized carbons (Fsp3) is 0.390. The van der Waals surface area contributed by atoms with Gasteiger partial charge >= 0.3 is 0 Å². The molecule has 67 heavy (non-hydrogen) atoms. The SMILES string of the molecule is CCCCCCC(C)(C)C1=c2ccc3cc4c5c(ccc4cc3c2C(=O)N1C)=C(c1cc(C)c(-c2ccc(/C=C/c3ccc(-c4sc(C(C)(CC)CC(CC)CC)cc4C)s3)s2)s1)N(C)C5=O. The number of amides is 2. The molecule has 0 spiro atoms. The van der Waals surface area contributed by atoms with E-state index in [9.17, 15) is 9.59 Å². The van der Waals surface area contributed by atoms with Crippen molar-refractivity contribution in [3.63, 3.8) is 0 Å². The summed E-state index contributed by atoms with van der Waals surface area (Å²) < 4.78 is 0. The Morgan fingerprint density at radius 1 is 0.612 bits per heavy atom. The lowest BCUT2D eigenvalue weighted by atomic mass is 9.76. The molecule has 4 aromatic heterocycles. The van der Waals surface area contributed by atoms with Crippen molar-refractivity contribution in [2.45, 2.75) is 126 Å². The maximum atomic E-state index is 14.3. The van der Waals surface area contributed by atoms with Gasteiger partial charge in [-0.1, -0.05) is 111 Å². The highest BCUT2D eigenvalue weighted by atomic mass is 32.1. The molecule has 1 atom stereocenters. The Kier molecular flexibility index (Phi) is 13.3. The topological polar surface area (TPSA) is 40.6 Å². The van der Waals surface area contributed by atoms with E-state index in [1.807, 2.05) is 57.9 Å². The van der Waals surface area contributed by atoms with Gasteiger partial charge in [0.2, 0.25) is 0 Å². The van der Waals surface area contributed by atoms with Gasteiger partial charge in [-0.25, -0.2) is 0 Å². The van der Waals surface area contributed by atoms with Gasteiger partial charge in [-0.2, -0.15) is 0 Å². The normalized spacial score (nSPS) is 15.2. The van der Waals surface area contributed by atoms with Crippen molar-refractivity contribution < 1.29 is 9.59 Å². The smallest absolute Gasteiger partial charge is 0.259 e. The average molecular weight is 963 g/mol. The van der Waals surface area contributed by atoms with Crippen molar-refractivity contribution in [3.05, 3.63) is 125 Å². The van der Waals surface area contributed by atoms with Gasteiger partial charge in [0.05, 0.1) is 21.7 Å². The minimum Gasteiger partial charge on any atom is -0.314 e. The summed E-state index contributed by atoms with van der Waals surface area (Å²) in [6, 6.07) is 26.6. The Morgan fingerprint density at radius 3 is 1.78 bits per heavy atom. The van der Waals surface area contributed by atoms with Gasteiger partial charge in [0, 0.05) is 75.2 Å². The minimum absolute atomic E-state index is 0.00597. The van der Waals surface area contributed by atoms with Crippen LogP contribution >= 0.6 is 45.3 Å². The summed E-state index contributed by atoms with van der Waals surface area (Å²) in [5.74, 6) is 0.832. The van der Waals surface area contributed by atoms with Gasteiger partial charge < -0.3 is 9.80 Å². The van der Waals surface area contributed by atoms with Crippen LogP contribution in [0.5, 0.6) is 0 Å². The summed E-state index contributed by atoms with van der Waals surface area (Å²) in [4.78, 5) is 42.4. The molecule has 0 radical (unpaired) electrons. The van der Waals surface area contributed by atoms with Crippen LogP contribution in [0.25, 0.3) is 64.6 Å². The van der Waals surface area contributed by atoms with Crippen LogP contribution in [0.4, 0.5) is 0 Å². The Bertz CT molecular complexity index is 3220. The number of hydrogen-bond acceptors (Lipinski definition) is 6. The van der Waals surface area contributed by atoms with Crippen molar-refractivity contribution in [1.29, 1.82) is 0 Å². The number of benzene rings is 3. The zero-order valence-electron chi connectivity index (χ0n) is 41.4. The van der Waals surface area contributed by atoms with E-state index in [0.717, 1.165) is 78.1 Å². The van der Waals surface area contributed by atoms with Gasteiger partial charge in [-0.15, -0.1) is 45.3 Å². The average Bonchev–Trinajstić information content (AvgIpc) is 4.19. The number of thiophene rings is 4. The predicted molar refractivity (Wildman–Crippen MR) is 293 cm³/mol. The molecule has 4 nitrogen and oxygen atoms in total. The minimum atomic E-state index is -0.130. The zero-order chi connectivity index (χ0) is 47.5. The van der Waals surface area contributed by atoms with Crippen molar-refractivity contribution in [1.82, 2.24) is 9.80 Å². The van der Waals surface area contributed by atoms with Gasteiger partial charge in [0.15, 0.2) is 0 Å². The van der Waals surface area contributed by atoms with Gasteiger partial charge in [0.25, 0.3) is 11.8 Å². The first-order valence-electron chi connectivity index (χ1n) is 24.6. The summed E-state index contributed by atoms with van der Waals surface area (Å²) in [5, 5.41) is 5.85. The second-order valence-electron chi connectivity index (χ2n) is 20.2. The number of nitrogens with zero attached hydrogens (tertiary/aromatic N) is 2. The van der Waals surface area contributed by atoms with Gasteiger partial charge in [-0.3, -0.25) is 9.59 Å². The molecule has 8 heteroatoms. The highest BCUT2D eigenvalue weighted by Gasteiger charge is 2.37. The maximum absolute atomic E-state index is 14.3. The van der Waals surface area contributed by atoms with E-state index in [2.05, 4.69) is 147 Å². The highest BCUT2D eigenvalue weighted by molar-refractivity contribution is 7.23. The molecule has 0 aliphatic carbocycles. The third-order valence-corrected chi connectivity index (χ3v) is 20.4. The first-order valence-corrected chi connectivity index (χ1v) is 27.8. The predicted octanol–water partition coefficient (Wildman–Crippen LogP) is 16.3. The molecule has 348 valence electrons. The van der Waals surface area contributed by atoms with E-state index in [0.29, 0.717) is 0 Å². The molecular weight excluding hydrogens is 897 g/mol. The number of carbonyl (C=O) groups excluding carboxylic acids is 2. The molecule has 0 saturated heterocycles. The summed E-state index contributed by atoms with van der Waals surface area (Å²) in [6.45, 7) is 20.8. The molecule has 9 rings (SSSR count). The molecule has 0 N–H and O–H groups in total. The monoisotopic (exact) mass is 962 g/mol. The lowest BCUT2D eigenvalue weighted by Gasteiger charge is -2.31. The molecule has 0 fully saturated rings. The Labute approximate surface area is 414 Å². The van der Waals surface area contributed by atoms with Crippen LogP contribution in [-0.2, 0) is 5.41 Å². The molecule has 2 aliphatic heterocycles. The highest BCUT2D eigenvalue weighted by Crippen LogP contribution is 2.46. The van der Waals surface area contributed by atoms with Crippen molar-refractivity contribution in [2.75, 3.05) is 14.1 Å². The van der Waals surface area contributed by atoms with Crippen LogP contribution in [0.15, 0.2) is 72.8 Å². The number of aryl methyl sites for hydroxylation is 2. The second-order valence-corrected chi connectivity index (χ2v) is 24.5. The van der Waals surface area contributed by atoms with E-state index in [4.69, 9.17) is 0 Å². The molecule has 6 heterocycles. The van der Waals surface area contributed by atoms with E-state index >= 15 is 0 Å². The lowest BCUT2D eigenvalue weighted by molar-refractivity contribution is 0.0854. The van der Waals surface area contributed by atoms with E-state index < -0.39 is 0 Å². The first-order chi connectivity index (χ1) is 32.1. The number of fused-ring (bicyclic) bond motifs is 6. The Balaban J connectivity index is 0.987. The van der Waals surface area contributed by atoms with E-state index in [1.165, 1.54) is 90.2 Å². The molecule has 2 aliphatic rings. The number of unbranched alkanes of at least 4 members (excludes halogenated alkanes) is 3. The van der Waals surface area contributed by atoms with Crippen molar-refractivity contribution >= 4 is 102 Å². The summed E-state index contributed by atoms with van der Waals surface area (Å²) in [5.41, 5.74) is 6.28. The molecule has 0 bridgehead atoms. The standard InChI is InChI=1S/C59H66N2O2S4/c1-12-16-17-18-29-58(7,8)55-43-26-20-39-32-44-38(33-45(39)51(43)57(63)61(55)11)19-25-42-50(44)56(62)60(10)52(42)48-30-35(5)53(66-48)46-27-23-40(64-46)21-22-41-24-28-47(65-41)54-36(6)31-49(67-54)59(9,15-4)34-37(13-2)14-3/h19-28,30-33,37H,12-18,29,34H2,1-11H3/b22-21+. The zero-order valence-corrected chi connectivity index (χ0v) is 44.6. The fourth-order valence-electron chi connectivity index (χ4n) is 10.9. The van der Waals surface area contributed by atoms with E-state index in [1.54, 1.807) is 11.3 Å². The summed E-state index contributed by atoms with van der Waals surface area (Å²) in [7, 11) is 3.84. The van der Waals surface area contributed by atoms with Gasteiger partial charge in [0.1, 0.15) is 0 Å². The Morgan fingerprint density at radius 2 is 1.18 bits per heavy atom. The third-order valence-electron chi connectivity index (χ3n) is 15.1. The Hall–Kier alpha value is -4.60. The van der Waals surface area contributed by atoms with Crippen LogP contribution in [0, 0.1) is 25.2 Å². The fourth-order valence-corrected chi connectivity index (χ4v) is 15.8. The molecular formula is C59H66N2O2S4. The van der Waals surface area contributed by atoms with Crippen LogP contribution in [-0.4, -0.2) is 35.7 Å². The second kappa shape index (κ2) is 18.7. The van der Waals surface area contributed by atoms with Crippen molar-refractivity contribution in [3.8, 4) is 19.5 Å². The number of rotatable bonds is 17. The summed E-state index contributed by atoms with van der Waals surface area (Å²) >= 11 is 7.47. The van der Waals surface area contributed by atoms with E-state index in [-0.39, 0.29) is 22.6 Å². The number of hydrogen-bond donors (Lipinski definition) is 0. The third kappa shape index (κ3) is 8.53. The maximum Gasteiger partial charge on any atom is 0.259 e.